The fourth-order valence-electron chi connectivity index (χ4n) is 2.07. The van der Waals surface area contributed by atoms with Crippen LogP contribution in [0, 0.1) is 5.92 Å². The van der Waals surface area contributed by atoms with Crippen molar-refractivity contribution in [2.75, 3.05) is 26.2 Å². The second-order valence-corrected chi connectivity index (χ2v) is 3.89. The molecule has 0 saturated carbocycles. The molecule has 2 aliphatic rings. The molecule has 0 aromatic heterocycles. The second-order valence-electron chi connectivity index (χ2n) is 3.89. The zero-order chi connectivity index (χ0) is 9.10. The van der Waals surface area contributed by atoms with Crippen molar-refractivity contribution in [1.29, 1.82) is 0 Å². The Kier molecular flexibility index (Phi) is 2.69. The van der Waals surface area contributed by atoms with Gasteiger partial charge in [0.15, 0.2) is 0 Å². The van der Waals surface area contributed by atoms with Crippen LogP contribution in [-0.2, 0) is 0 Å². The minimum absolute atomic E-state index is 0.711. The van der Waals surface area contributed by atoms with Crippen LogP contribution >= 0.6 is 0 Å². The van der Waals surface area contributed by atoms with Gasteiger partial charge in [-0.25, -0.2) is 0 Å². The first-order valence-corrected chi connectivity index (χ1v) is 5.20. The normalized spacial score (nSPS) is 28.8. The molecule has 72 valence electrons. The smallest absolute Gasteiger partial charge is 0.0300 e. The lowest BCUT2D eigenvalue weighted by atomic mass is 9.97. The molecule has 0 radical (unpaired) electrons. The summed E-state index contributed by atoms with van der Waals surface area (Å²) in [6, 6.07) is 0. The molecule has 2 rings (SSSR count). The summed E-state index contributed by atoms with van der Waals surface area (Å²) in [7, 11) is 0. The Morgan fingerprint density at radius 2 is 2.15 bits per heavy atom. The van der Waals surface area contributed by atoms with E-state index in [0.717, 1.165) is 13.1 Å². The molecule has 0 bridgehead atoms. The molecule has 1 aliphatic heterocycles. The molecular formula is C11H18N2. The molecule has 1 unspecified atom stereocenters. The molecule has 0 amide bonds. The maximum absolute atomic E-state index is 3.38. The van der Waals surface area contributed by atoms with Gasteiger partial charge in [-0.1, -0.05) is 19.1 Å². The maximum Gasteiger partial charge on any atom is 0.0300 e. The van der Waals surface area contributed by atoms with E-state index in [1.165, 1.54) is 25.2 Å². The number of allylic oxidation sites excluding steroid dienone is 4. The first-order chi connectivity index (χ1) is 6.38. The van der Waals surface area contributed by atoms with E-state index in [1.54, 1.807) is 0 Å². The van der Waals surface area contributed by atoms with Gasteiger partial charge in [-0.05, 0) is 18.4 Å². The van der Waals surface area contributed by atoms with Gasteiger partial charge in [0.2, 0.25) is 0 Å². The zero-order valence-corrected chi connectivity index (χ0v) is 8.29. The van der Waals surface area contributed by atoms with Crippen molar-refractivity contribution >= 4 is 0 Å². The van der Waals surface area contributed by atoms with Crippen molar-refractivity contribution < 1.29 is 0 Å². The molecule has 0 spiro atoms. The van der Waals surface area contributed by atoms with Gasteiger partial charge in [0.25, 0.3) is 0 Å². The second kappa shape index (κ2) is 3.97. The van der Waals surface area contributed by atoms with Crippen LogP contribution in [0.15, 0.2) is 23.9 Å². The van der Waals surface area contributed by atoms with Crippen LogP contribution in [0.1, 0.15) is 13.3 Å². The number of nitrogens with one attached hydrogen (secondary N) is 1. The highest BCUT2D eigenvalue weighted by molar-refractivity contribution is 5.19. The van der Waals surface area contributed by atoms with Gasteiger partial charge in [-0.2, -0.15) is 0 Å². The zero-order valence-electron chi connectivity index (χ0n) is 8.29. The molecule has 1 N–H and O–H groups in total. The quantitative estimate of drug-likeness (QED) is 0.652. The molecule has 1 fully saturated rings. The van der Waals surface area contributed by atoms with Crippen molar-refractivity contribution in [3.8, 4) is 0 Å². The molecule has 0 aromatic carbocycles. The van der Waals surface area contributed by atoms with Crippen molar-refractivity contribution in [3.05, 3.63) is 23.9 Å². The lowest BCUT2D eigenvalue weighted by Crippen LogP contribution is -2.44. The summed E-state index contributed by atoms with van der Waals surface area (Å²) in [4.78, 5) is 2.52. The SMILES string of the molecule is CC1CC=CC=C1N1CCNCC1. The highest BCUT2D eigenvalue weighted by atomic mass is 15.2. The van der Waals surface area contributed by atoms with E-state index in [2.05, 4.69) is 35.4 Å². The topological polar surface area (TPSA) is 15.3 Å². The van der Waals surface area contributed by atoms with Crippen LogP contribution in [0.3, 0.4) is 0 Å². The standard InChI is InChI=1S/C11H18N2/c1-10-4-2-3-5-11(10)13-8-6-12-7-9-13/h2-3,5,10,12H,4,6-9H2,1H3. The molecule has 1 aliphatic carbocycles. The van der Waals surface area contributed by atoms with Crippen molar-refractivity contribution in [2.24, 2.45) is 5.92 Å². The summed E-state index contributed by atoms with van der Waals surface area (Å²) in [6.45, 7) is 6.92. The van der Waals surface area contributed by atoms with E-state index < -0.39 is 0 Å². The molecule has 13 heavy (non-hydrogen) atoms. The molecular weight excluding hydrogens is 160 g/mol. The number of hydrogen-bond acceptors (Lipinski definition) is 2. The number of hydrogen-bond donors (Lipinski definition) is 1. The van der Waals surface area contributed by atoms with Crippen LogP contribution in [0.2, 0.25) is 0 Å². The first-order valence-electron chi connectivity index (χ1n) is 5.20. The van der Waals surface area contributed by atoms with Gasteiger partial charge in [0, 0.05) is 31.9 Å². The van der Waals surface area contributed by atoms with Gasteiger partial charge in [0.05, 0.1) is 0 Å². The highest BCUT2D eigenvalue weighted by Gasteiger charge is 2.18. The minimum Gasteiger partial charge on any atom is -0.372 e. The Morgan fingerprint density at radius 3 is 2.85 bits per heavy atom. The van der Waals surface area contributed by atoms with Crippen molar-refractivity contribution in [2.45, 2.75) is 13.3 Å². The average Bonchev–Trinajstić information content (AvgIpc) is 2.20. The van der Waals surface area contributed by atoms with E-state index in [-0.39, 0.29) is 0 Å². The predicted molar refractivity (Wildman–Crippen MR) is 55.4 cm³/mol. The van der Waals surface area contributed by atoms with Gasteiger partial charge in [-0.3, -0.25) is 0 Å². The molecule has 2 heteroatoms. The minimum atomic E-state index is 0.711. The number of piperazine rings is 1. The Hall–Kier alpha value is -0.760. The van der Waals surface area contributed by atoms with Gasteiger partial charge in [-0.15, -0.1) is 0 Å². The third kappa shape index (κ3) is 1.94. The maximum atomic E-state index is 3.38. The van der Waals surface area contributed by atoms with Crippen LogP contribution < -0.4 is 5.32 Å². The lowest BCUT2D eigenvalue weighted by molar-refractivity contribution is 0.270. The average molecular weight is 178 g/mol. The van der Waals surface area contributed by atoms with Crippen molar-refractivity contribution in [1.82, 2.24) is 10.2 Å². The third-order valence-corrected chi connectivity index (χ3v) is 2.88. The summed E-state index contributed by atoms with van der Waals surface area (Å²) < 4.78 is 0. The molecule has 1 atom stereocenters. The fraction of sp³-hybridized carbons (Fsp3) is 0.636. The van der Waals surface area contributed by atoms with Crippen molar-refractivity contribution in [3.63, 3.8) is 0 Å². The Morgan fingerprint density at radius 1 is 1.38 bits per heavy atom. The Bertz CT molecular complexity index is 224. The van der Waals surface area contributed by atoms with Gasteiger partial charge in [0.1, 0.15) is 0 Å². The molecule has 0 aromatic rings. The molecule has 1 heterocycles. The largest absolute Gasteiger partial charge is 0.372 e. The van der Waals surface area contributed by atoms with E-state index in [9.17, 15) is 0 Å². The van der Waals surface area contributed by atoms with E-state index in [1.807, 2.05) is 0 Å². The third-order valence-electron chi connectivity index (χ3n) is 2.88. The Balaban J connectivity index is 2.04. The van der Waals surface area contributed by atoms with Crippen LogP contribution in [0.25, 0.3) is 0 Å². The Labute approximate surface area is 80.3 Å². The van der Waals surface area contributed by atoms with Crippen LogP contribution in [0.4, 0.5) is 0 Å². The van der Waals surface area contributed by atoms with E-state index in [4.69, 9.17) is 0 Å². The van der Waals surface area contributed by atoms with E-state index >= 15 is 0 Å². The first kappa shape index (κ1) is 8.82. The number of rotatable bonds is 1. The predicted octanol–water partition coefficient (Wildman–Crippen LogP) is 1.37. The summed E-state index contributed by atoms with van der Waals surface area (Å²) >= 11 is 0. The summed E-state index contributed by atoms with van der Waals surface area (Å²) in [5.41, 5.74) is 1.53. The molecule has 1 saturated heterocycles. The molecule has 2 nitrogen and oxygen atoms in total. The summed E-state index contributed by atoms with van der Waals surface area (Å²) in [5.74, 6) is 0.711. The fourth-order valence-corrected chi connectivity index (χ4v) is 2.07. The van der Waals surface area contributed by atoms with Gasteiger partial charge < -0.3 is 10.2 Å². The van der Waals surface area contributed by atoms with Crippen LogP contribution in [0.5, 0.6) is 0 Å². The summed E-state index contributed by atoms with van der Waals surface area (Å²) in [5, 5.41) is 3.38. The van der Waals surface area contributed by atoms with Crippen LogP contribution in [-0.4, -0.2) is 31.1 Å². The monoisotopic (exact) mass is 178 g/mol. The lowest BCUT2D eigenvalue weighted by Gasteiger charge is -2.35. The summed E-state index contributed by atoms with van der Waals surface area (Å²) in [6.07, 6.45) is 7.93. The van der Waals surface area contributed by atoms with Gasteiger partial charge >= 0.3 is 0 Å². The van der Waals surface area contributed by atoms with E-state index in [0.29, 0.717) is 5.92 Å². The number of nitrogens with zero attached hydrogens (tertiary/aromatic N) is 1. The highest BCUT2D eigenvalue weighted by Crippen LogP contribution is 2.23.